The number of aromatic nitrogens is 2. The van der Waals surface area contributed by atoms with E-state index in [1.165, 1.54) is 35.7 Å². The molecule has 1 aliphatic heterocycles. The maximum Gasteiger partial charge on any atom is 0.573 e. The fourth-order valence-electron chi connectivity index (χ4n) is 3.39. The van der Waals surface area contributed by atoms with Crippen molar-refractivity contribution in [3.8, 4) is 16.2 Å². The van der Waals surface area contributed by atoms with Gasteiger partial charge in [-0.3, -0.25) is 9.59 Å². The van der Waals surface area contributed by atoms with Crippen LogP contribution in [-0.2, 0) is 11.2 Å². The van der Waals surface area contributed by atoms with Crippen molar-refractivity contribution in [2.75, 3.05) is 0 Å². The van der Waals surface area contributed by atoms with Gasteiger partial charge in [0.15, 0.2) is 11.6 Å². The van der Waals surface area contributed by atoms with Gasteiger partial charge in [-0.2, -0.15) is 0 Å². The number of carbonyl (C=O) groups is 2. The van der Waals surface area contributed by atoms with Crippen LogP contribution in [0.3, 0.4) is 0 Å². The zero-order chi connectivity index (χ0) is 20.6. The molecule has 9 heteroatoms. The Bertz CT molecular complexity index is 1070. The summed E-state index contributed by atoms with van der Waals surface area (Å²) in [4.78, 5) is 29.6. The molecule has 0 saturated heterocycles. The molecule has 5 nitrogen and oxygen atoms in total. The van der Waals surface area contributed by atoms with Crippen molar-refractivity contribution in [3.05, 3.63) is 59.5 Å². The monoisotopic (exact) mass is 420 g/mol. The van der Waals surface area contributed by atoms with Crippen LogP contribution in [0.5, 0.6) is 5.75 Å². The minimum absolute atomic E-state index is 0.0246. The molecule has 1 aliphatic rings. The number of nitrogens with zero attached hydrogens (tertiary/aromatic N) is 2. The first-order valence-electron chi connectivity index (χ1n) is 8.84. The van der Waals surface area contributed by atoms with E-state index >= 15 is 0 Å². The first-order chi connectivity index (χ1) is 13.8. The lowest BCUT2D eigenvalue weighted by molar-refractivity contribution is -0.274. The second kappa shape index (κ2) is 7.47. The van der Waals surface area contributed by atoms with Gasteiger partial charge in [0.1, 0.15) is 10.8 Å². The quantitative estimate of drug-likeness (QED) is 0.593. The maximum absolute atomic E-state index is 12.8. The second-order valence-corrected chi connectivity index (χ2v) is 7.73. The standard InChI is InChI=1S/C20H15F3N2O3S/c21-20(22,23)28-13-4-1-3-12(9-13)18-11-24-19(29-18)10-17(27)15-6-7-16(26)14-5-2-8-25(14)15/h1-5,8-9,11,15H,6-7,10H2. The molecule has 3 aromatic rings. The summed E-state index contributed by atoms with van der Waals surface area (Å²) in [7, 11) is 0. The topological polar surface area (TPSA) is 61.2 Å². The molecule has 3 heterocycles. The van der Waals surface area contributed by atoms with Crippen LogP contribution in [-0.4, -0.2) is 27.5 Å². The Balaban J connectivity index is 1.49. The third kappa shape index (κ3) is 4.24. The molecule has 0 N–H and O–H groups in total. The van der Waals surface area contributed by atoms with Crippen LogP contribution in [0.15, 0.2) is 48.8 Å². The molecule has 0 fully saturated rings. The van der Waals surface area contributed by atoms with Crippen LogP contribution in [0.2, 0.25) is 0 Å². The van der Waals surface area contributed by atoms with Gasteiger partial charge < -0.3 is 9.30 Å². The number of fused-ring (bicyclic) bond motifs is 1. The summed E-state index contributed by atoms with van der Waals surface area (Å²) in [5, 5.41) is 0.567. The predicted molar refractivity (Wildman–Crippen MR) is 100.0 cm³/mol. The van der Waals surface area contributed by atoms with Crippen molar-refractivity contribution >= 4 is 22.9 Å². The zero-order valence-corrected chi connectivity index (χ0v) is 15.8. The summed E-state index contributed by atoms with van der Waals surface area (Å²) in [5.74, 6) is -0.338. The summed E-state index contributed by atoms with van der Waals surface area (Å²) in [6.45, 7) is 0. The minimum Gasteiger partial charge on any atom is -0.406 e. The number of thiazole rings is 1. The number of halogens is 3. The number of carbonyl (C=O) groups excluding carboxylic acids is 2. The Morgan fingerprint density at radius 3 is 2.90 bits per heavy atom. The van der Waals surface area contributed by atoms with Crippen LogP contribution in [0, 0.1) is 0 Å². The lowest BCUT2D eigenvalue weighted by atomic mass is 9.97. The lowest BCUT2D eigenvalue weighted by Crippen LogP contribution is -2.28. The molecule has 0 bridgehead atoms. The molecule has 29 heavy (non-hydrogen) atoms. The molecular weight excluding hydrogens is 405 g/mol. The van der Waals surface area contributed by atoms with Crippen LogP contribution in [0.1, 0.15) is 34.4 Å². The zero-order valence-electron chi connectivity index (χ0n) is 15.0. The highest BCUT2D eigenvalue weighted by molar-refractivity contribution is 7.15. The molecule has 0 aliphatic carbocycles. The van der Waals surface area contributed by atoms with E-state index in [4.69, 9.17) is 0 Å². The number of ether oxygens (including phenoxy) is 1. The Labute approximate surface area is 167 Å². The molecule has 0 saturated carbocycles. The minimum atomic E-state index is -4.76. The Morgan fingerprint density at radius 1 is 1.28 bits per heavy atom. The Morgan fingerprint density at radius 2 is 2.10 bits per heavy atom. The first-order valence-corrected chi connectivity index (χ1v) is 9.65. The summed E-state index contributed by atoms with van der Waals surface area (Å²) < 4.78 is 42.9. The van der Waals surface area contributed by atoms with Gasteiger partial charge in [0.25, 0.3) is 0 Å². The number of hydrogen-bond donors (Lipinski definition) is 0. The van der Waals surface area contributed by atoms with E-state index < -0.39 is 12.4 Å². The predicted octanol–water partition coefficient (Wildman–Crippen LogP) is 4.84. The average Bonchev–Trinajstić information content (AvgIpc) is 3.31. The normalized spacial score (nSPS) is 16.5. The van der Waals surface area contributed by atoms with Gasteiger partial charge in [-0.15, -0.1) is 24.5 Å². The molecule has 4 rings (SSSR count). The first kappa shape index (κ1) is 19.4. The Hall–Kier alpha value is -2.94. The highest BCUT2D eigenvalue weighted by Crippen LogP contribution is 2.32. The van der Waals surface area contributed by atoms with E-state index in [0.717, 1.165) is 0 Å². The van der Waals surface area contributed by atoms with E-state index in [9.17, 15) is 22.8 Å². The van der Waals surface area contributed by atoms with Crippen molar-refractivity contribution in [2.24, 2.45) is 0 Å². The van der Waals surface area contributed by atoms with Crippen LogP contribution in [0.4, 0.5) is 13.2 Å². The molecule has 1 atom stereocenters. The third-order valence-electron chi connectivity index (χ3n) is 4.65. The number of ketones is 2. The van der Waals surface area contributed by atoms with Gasteiger partial charge in [-0.1, -0.05) is 12.1 Å². The van der Waals surface area contributed by atoms with Gasteiger partial charge in [-0.05, 0) is 36.2 Å². The van der Waals surface area contributed by atoms with E-state index in [1.807, 2.05) is 0 Å². The highest BCUT2D eigenvalue weighted by Gasteiger charge is 2.31. The van der Waals surface area contributed by atoms with Gasteiger partial charge >= 0.3 is 6.36 Å². The van der Waals surface area contributed by atoms with Crippen molar-refractivity contribution in [3.63, 3.8) is 0 Å². The number of Topliss-reactive ketones (excluding diaryl/α,β-unsaturated/α-hetero) is 2. The highest BCUT2D eigenvalue weighted by atomic mass is 32.1. The molecule has 1 aromatic carbocycles. The Kier molecular flexibility index (Phi) is 4.99. The van der Waals surface area contributed by atoms with Gasteiger partial charge in [0.2, 0.25) is 0 Å². The summed E-state index contributed by atoms with van der Waals surface area (Å²) in [6, 6.07) is 8.67. The van der Waals surface area contributed by atoms with Gasteiger partial charge in [0, 0.05) is 18.8 Å². The smallest absolute Gasteiger partial charge is 0.406 e. The van der Waals surface area contributed by atoms with E-state index in [-0.39, 0.29) is 23.7 Å². The lowest BCUT2D eigenvalue weighted by Gasteiger charge is -2.24. The summed E-state index contributed by atoms with van der Waals surface area (Å²) >= 11 is 1.24. The van der Waals surface area contributed by atoms with E-state index in [2.05, 4.69) is 9.72 Å². The molecular formula is C20H15F3N2O3S. The average molecular weight is 420 g/mol. The van der Waals surface area contributed by atoms with E-state index in [0.29, 0.717) is 34.0 Å². The number of rotatable bonds is 5. The maximum atomic E-state index is 12.8. The third-order valence-corrected chi connectivity index (χ3v) is 5.69. The molecule has 2 aromatic heterocycles. The van der Waals surface area contributed by atoms with Crippen molar-refractivity contribution in [2.45, 2.75) is 31.7 Å². The molecule has 0 radical (unpaired) electrons. The van der Waals surface area contributed by atoms with Crippen LogP contribution < -0.4 is 4.74 Å². The van der Waals surface area contributed by atoms with Crippen molar-refractivity contribution < 1.29 is 27.5 Å². The number of alkyl halides is 3. The fraction of sp³-hybridized carbons (Fsp3) is 0.250. The van der Waals surface area contributed by atoms with Crippen molar-refractivity contribution in [1.29, 1.82) is 0 Å². The fourth-order valence-corrected chi connectivity index (χ4v) is 4.32. The molecule has 150 valence electrons. The van der Waals surface area contributed by atoms with Gasteiger partial charge in [-0.25, -0.2) is 4.98 Å². The van der Waals surface area contributed by atoms with Crippen LogP contribution in [0.25, 0.3) is 10.4 Å². The summed E-state index contributed by atoms with van der Waals surface area (Å²) in [5.41, 5.74) is 1.06. The largest absolute Gasteiger partial charge is 0.573 e. The molecule has 0 spiro atoms. The second-order valence-electron chi connectivity index (χ2n) is 6.62. The van der Waals surface area contributed by atoms with Gasteiger partial charge in [0.05, 0.1) is 23.0 Å². The SMILES string of the molecule is O=C1CCC(C(=O)Cc2ncc(-c3cccc(OC(F)(F)F)c3)s2)n2cccc21. The summed E-state index contributed by atoms with van der Waals surface area (Å²) in [6.07, 6.45) is -0.619. The molecule has 1 unspecified atom stereocenters. The van der Waals surface area contributed by atoms with Crippen molar-refractivity contribution in [1.82, 2.24) is 9.55 Å². The number of benzene rings is 1. The van der Waals surface area contributed by atoms with E-state index in [1.54, 1.807) is 29.0 Å². The molecule has 0 amide bonds. The van der Waals surface area contributed by atoms with Crippen LogP contribution >= 0.6 is 11.3 Å². The number of hydrogen-bond acceptors (Lipinski definition) is 5.